The van der Waals surface area contributed by atoms with Crippen LogP contribution in [0.3, 0.4) is 0 Å². The Morgan fingerprint density at radius 1 is 1.45 bits per heavy atom. The number of likely N-dealkylation sites (tertiary alicyclic amines) is 1. The number of hydrogen-bond acceptors (Lipinski definition) is 5. The summed E-state index contributed by atoms with van der Waals surface area (Å²) >= 11 is 0. The quantitative estimate of drug-likeness (QED) is 0.809. The first kappa shape index (κ1) is 14.3. The Kier molecular flexibility index (Phi) is 4.48. The summed E-state index contributed by atoms with van der Waals surface area (Å²) < 4.78 is 10.9. The molecule has 1 aliphatic rings. The van der Waals surface area contributed by atoms with Crippen molar-refractivity contribution in [2.24, 2.45) is 0 Å². The number of carbonyl (C=O) groups is 1. The van der Waals surface area contributed by atoms with Crippen LogP contribution in [-0.4, -0.2) is 40.0 Å². The van der Waals surface area contributed by atoms with Gasteiger partial charge in [0.25, 0.3) is 0 Å². The van der Waals surface area contributed by atoms with E-state index >= 15 is 0 Å². The molecule has 1 amide bonds. The minimum absolute atomic E-state index is 0.0381. The molecular weight excluding hydrogens is 282 g/mol. The van der Waals surface area contributed by atoms with Gasteiger partial charge < -0.3 is 14.1 Å². The lowest BCUT2D eigenvalue weighted by Gasteiger charge is -2.31. The molecule has 1 saturated heterocycles. The Hall–Kier alpha value is -2.63. The number of piperidine rings is 1. The first-order valence-electron chi connectivity index (χ1n) is 7.24. The van der Waals surface area contributed by atoms with Crippen LogP contribution in [-0.2, 0) is 4.79 Å². The van der Waals surface area contributed by atoms with E-state index in [0.29, 0.717) is 18.2 Å². The second-order valence-electron chi connectivity index (χ2n) is 5.06. The van der Waals surface area contributed by atoms with Crippen molar-refractivity contribution in [3.05, 3.63) is 48.8 Å². The van der Waals surface area contributed by atoms with Gasteiger partial charge in [0.15, 0.2) is 0 Å². The molecule has 1 fully saturated rings. The normalized spacial score (nSPS) is 18.5. The summed E-state index contributed by atoms with van der Waals surface area (Å²) in [5.74, 6) is 1.12. The minimum Gasteiger partial charge on any atom is -0.471 e. The summed E-state index contributed by atoms with van der Waals surface area (Å²) in [4.78, 5) is 22.1. The molecule has 0 aliphatic carbocycles. The largest absolute Gasteiger partial charge is 0.471 e. The molecule has 0 unspecified atom stereocenters. The summed E-state index contributed by atoms with van der Waals surface area (Å²) in [5.41, 5.74) is 0. The van der Waals surface area contributed by atoms with Gasteiger partial charge >= 0.3 is 0 Å². The van der Waals surface area contributed by atoms with Gasteiger partial charge in [-0.05, 0) is 31.1 Å². The molecule has 0 spiro atoms. The zero-order valence-electron chi connectivity index (χ0n) is 12.1. The van der Waals surface area contributed by atoms with Crippen LogP contribution >= 0.6 is 0 Å². The molecule has 0 radical (unpaired) electrons. The lowest BCUT2D eigenvalue weighted by molar-refractivity contribution is -0.128. The number of rotatable bonds is 4. The lowest BCUT2D eigenvalue weighted by Crippen LogP contribution is -2.43. The van der Waals surface area contributed by atoms with E-state index in [1.807, 2.05) is 0 Å². The summed E-state index contributed by atoms with van der Waals surface area (Å²) in [6.45, 7) is 1.29. The Balaban J connectivity index is 1.57. The zero-order valence-corrected chi connectivity index (χ0v) is 12.1. The number of amides is 1. The predicted octanol–water partition coefficient (Wildman–Crippen LogP) is 2.15. The van der Waals surface area contributed by atoms with E-state index < -0.39 is 0 Å². The molecule has 0 bridgehead atoms. The zero-order chi connectivity index (χ0) is 15.2. The Morgan fingerprint density at radius 2 is 2.41 bits per heavy atom. The smallest absolute Gasteiger partial charge is 0.246 e. The number of carbonyl (C=O) groups excluding carboxylic acids is 1. The second kappa shape index (κ2) is 6.89. The molecule has 6 heteroatoms. The van der Waals surface area contributed by atoms with E-state index in [9.17, 15) is 4.79 Å². The van der Waals surface area contributed by atoms with Gasteiger partial charge in [0.2, 0.25) is 11.8 Å². The molecule has 1 aliphatic heterocycles. The molecule has 0 aromatic carbocycles. The summed E-state index contributed by atoms with van der Waals surface area (Å²) in [6, 6.07) is 3.59. The Morgan fingerprint density at radius 3 is 3.18 bits per heavy atom. The van der Waals surface area contributed by atoms with Crippen molar-refractivity contribution in [1.82, 2.24) is 14.9 Å². The SMILES string of the molecule is O=C(/C=C/c1ccco1)N1CCC[C@@H](Oc2cnccn2)C1. The third-order valence-electron chi connectivity index (χ3n) is 3.45. The minimum atomic E-state index is -0.0496. The lowest BCUT2D eigenvalue weighted by atomic mass is 10.1. The maximum Gasteiger partial charge on any atom is 0.246 e. The monoisotopic (exact) mass is 299 g/mol. The number of furan rings is 1. The fourth-order valence-electron chi connectivity index (χ4n) is 2.40. The van der Waals surface area contributed by atoms with Crippen molar-refractivity contribution < 1.29 is 13.9 Å². The average Bonchev–Trinajstić information content (AvgIpc) is 3.07. The first-order chi connectivity index (χ1) is 10.8. The van der Waals surface area contributed by atoms with E-state index in [2.05, 4.69) is 9.97 Å². The van der Waals surface area contributed by atoms with Gasteiger partial charge in [0, 0.05) is 25.0 Å². The first-order valence-corrected chi connectivity index (χ1v) is 7.24. The van der Waals surface area contributed by atoms with Gasteiger partial charge in [-0.15, -0.1) is 0 Å². The van der Waals surface area contributed by atoms with Gasteiger partial charge in [-0.1, -0.05) is 0 Å². The van der Waals surface area contributed by atoms with E-state index in [1.165, 1.54) is 6.08 Å². The molecule has 114 valence electrons. The van der Waals surface area contributed by atoms with Gasteiger partial charge in [-0.2, -0.15) is 0 Å². The molecule has 2 aromatic rings. The van der Waals surface area contributed by atoms with E-state index in [1.54, 1.807) is 48.0 Å². The van der Waals surface area contributed by atoms with Crippen molar-refractivity contribution in [3.63, 3.8) is 0 Å². The predicted molar refractivity (Wildman–Crippen MR) is 80.0 cm³/mol. The van der Waals surface area contributed by atoms with E-state index in [4.69, 9.17) is 9.15 Å². The van der Waals surface area contributed by atoms with Crippen LogP contribution in [0.15, 0.2) is 47.5 Å². The van der Waals surface area contributed by atoms with Gasteiger partial charge in [-0.3, -0.25) is 9.78 Å². The fraction of sp³-hybridized carbons (Fsp3) is 0.312. The van der Waals surface area contributed by atoms with Crippen LogP contribution in [0.5, 0.6) is 5.88 Å². The standard InChI is InChI=1S/C16H17N3O3/c20-16(6-5-13-4-2-10-21-13)19-9-1-3-14(12-19)22-15-11-17-7-8-18-15/h2,4-8,10-11,14H,1,3,9,12H2/b6-5+/t14-/m1/s1. The average molecular weight is 299 g/mol. The highest BCUT2D eigenvalue weighted by Gasteiger charge is 2.24. The Labute approximate surface area is 128 Å². The molecule has 2 aromatic heterocycles. The summed E-state index contributed by atoms with van der Waals surface area (Å²) in [7, 11) is 0. The second-order valence-corrected chi connectivity index (χ2v) is 5.06. The van der Waals surface area contributed by atoms with Crippen LogP contribution in [0.1, 0.15) is 18.6 Å². The molecule has 0 saturated carbocycles. The number of nitrogens with zero attached hydrogens (tertiary/aromatic N) is 3. The van der Waals surface area contributed by atoms with Crippen LogP contribution in [0.25, 0.3) is 6.08 Å². The van der Waals surface area contributed by atoms with E-state index in [0.717, 1.165) is 19.4 Å². The third kappa shape index (κ3) is 3.72. The highest BCUT2D eigenvalue weighted by molar-refractivity contribution is 5.91. The fourth-order valence-corrected chi connectivity index (χ4v) is 2.40. The number of ether oxygens (including phenoxy) is 1. The van der Waals surface area contributed by atoms with Crippen LogP contribution < -0.4 is 4.74 Å². The third-order valence-corrected chi connectivity index (χ3v) is 3.45. The van der Waals surface area contributed by atoms with Crippen LogP contribution in [0, 0.1) is 0 Å². The van der Waals surface area contributed by atoms with Gasteiger partial charge in [-0.25, -0.2) is 4.98 Å². The van der Waals surface area contributed by atoms with Crippen molar-refractivity contribution in [3.8, 4) is 5.88 Å². The molecular formula is C16H17N3O3. The maximum absolute atomic E-state index is 12.2. The van der Waals surface area contributed by atoms with Crippen LogP contribution in [0.2, 0.25) is 0 Å². The van der Waals surface area contributed by atoms with Gasteiger partial charge in [0.05, 0.1) is 19.0 Å². The molecule has 3 heterocycles. The highest BCUT2D eigenvalue weighted by atomic mass is 16.5. The Bertz CT molecular complexity index is 625. The summed E-state index contributed by atoms with van der Waals surface area (Å²) in [5, 5.41) is 0. The number of hydrogen-bond donors (Lipinski definition) is 0. The molecule has 3 rings (SSSR count). The van der Waals surface area contributed by atoms with E-state index in [-0.39, 0.29) is 12.0 Å². The molecule has 22 heavy (non-hydrogen) atoms. The topological polar surface area (TPSA) is 68.5 Å². The highest BCUT2D eigenvalue weighted by Crippen LogP contribution is 2.16. The van der Waals surface area contributed by atoms with Gasteiger partial charge in [0.1, 0.15) is 11.9 Å². The van der Waals surface area contributed by atoms with Crippen molar-refractivity contribution in [2.45, 2.75) is 18.9 Å². The van der Waals surface area contributed by atoms with Crippen molar-refractivity contribution in [1.29, 1.82) is 0 Å². The van der Waals surface area contributed by atoms with Crippen molar-refractivity contribution in [2.75, 3.05) is 13.1 Å². The number of aromatic nitrogens is 2. The maximum atomic E-state index is 12.2. The van der Waals surface area contributed by atoms with Crippen molar-refractivity contribution >= 4 is 12.0 Å². The molecule has 6 nitrogen and oxygen atoms in total. The molecule has 1 atom stereocenters. The molecule has 0 N–H and O–H groups in total. The van der Waals surface area contributed by atoms with Crippen LogP contribution in [0.4, 0.5) is 0 Å². The summed E-state index contributed by atoms with van der Waals surface area (Å²) in [6.07, 6.45) is 11.3.